The molecule has 3 saturated carbocycles. The van der Waals surface area contributed by atoms with Crippen LogP contribution >= 0.6 is 0 Å². The molecule has 1 aliphatic heterocycles. The smallest absolute Gasteiger partial charge is 0.230 e. The van der Waals surface area contributed by atoms with Gasteiger partial charge >= 0.3 is 0 Å². The summed E-state index contributed by atoms with van der Waals surface area (Å²) in [5.41, 5.74) is 6.43. The lowest BCUT2D eigenvalue weighted by molar-refractivity contribution is -0.129. The summed E-state index contributed by atoms with van der Waals surface area (Å²) < 4.78 is 2.23. The molecule has 2 N–H and O–H groups in total. The van der Waals surface area contributed by atoms with Crippen LogP contribution in [0.2, 0.25) is 0 Å². The van der Waals surface area contributed by atoms with E-state index in [1.54, 1.807) is 0 Å². The summed E-state index contributed by atoms with van der Waals surface area (Å²) >= 11 is 0. The third-order valence-electron chi connectivity index (χ3n) is 7.12. The highest BCUT2D eigenvalue weighted by Crippen LogP contribution is 2.61. The molecule has 5 nitrogen and oxygen atoms in total. The van der Waals surface area contributed by atoms with E-state index >= 15 is 0 Å². The van der Waals surface area contributed by atoms with Crippen LogP contribution in [-0.4, -0.2) is 39.5 Å². The Balaban J connectivity index is 1.41. The number of rotatable bonds is 4. The summed E-state index contributed by atoms with van der Waals surface area (Å²) in [5, 5.41) is 0. The Labute approximate surface area is 144 Å². The van der Waals surface area contributed by atoms with Crippen LogP contribution in [0.25, 0.3) is 0 Å². The summed E-state index contributed by atoms with van der Waals surface area (Å²) in [7, 11) is 0. The van der Waals surface area contributed by atoms with Gasteiger partial charge in [-0.3, -0.25) is 4.79 Å². The Morgan fingerprint density at radius 2 is 2.21 bits per heavy atom. The van der Waals surface area contributed by atoms with Crippen LogP contribution in [-0.2, 0) is 17.8 Å². The minimum absolute atomic E-state index is 0.143. The van der Waals surface area contributed by atoms with Crippen molar-refractivity contribution in [2.75, 3.05) is 13.1 Å². The van der Waals surface area contributed by atoms with E-state index in [1.165, 1.54) is 19.3 Å². The molecule has 0 aromatic carbocycles. The molecular weight excluding hydrogens is 300 g/mol. The van der Waals surface area contributed by atoms with Crippen molar-refractivity contribution >= 4 is 5.91 Å². The first-order valence-electron chi connectivity index (χ1n) is 9.48. The first-order chi connectivity index (χ1) is 11.4. The highest BCUT2D eigenvalue weighted by atomic mass is 16.2. The third kappa shape index (κ3) is 2.67. The van der Waals surface area contributed by atoms with Crippen LogP contribution in [0, 0.1) is 23.2 Å². The van der Waals surface area contributed by atoms with Gasteiger partial charge in [-0.05, 0) is 48.9 Å². The zero-order valence-electron chi connectivity index (χ0n) is 14.9. The summed E-state index contributed by atoms with van der Waals surface area (Å²) in [6.45, 7) is 7.38. The van der Waals surface area contributed by atoms with Crippen molar-refractivity contribution < 1.29 is 4.79 Å². The fourth-order valence-electron chi connectivity index (χ4n) is 5.37. The zero-order chi connectivity index (χ0) is 16.9. The van der Waals surface area contributed by atoms with Crippen molar-refractivity contribution in [3.8, 4) is 0 Å². The van der Waals surface area contributed by atoms with Crippen LogP contribution < -0.4 is 5.73 Å². The molecule has 1 aromatic heterocycles. The summed E-state index contributed by atoms with van der Waals surface area (Å²) in [6.07, 6.45) is 9.30. The first kappa shape index (κ1) is 16.1. The average molecular weight is 330 g/mol. The van der Waals surface area contributed by atoms with E-state index in [9.17, 15) is 4.79 Å². The van der Waals surface area contributed by atoms with Gasteiger partial charge in [-0.25, -0.2) is 4.98 Å². The topological polar surface area (TPSA) is 64.2 Å². The van der Waals surface area contributed by atoms with Crippen molar-refractivity contribution in [2.45, 2.75) is 58.5 Å². The second-order valence-corrected chi connectivity index (χ2v) is 8.76. The Bertz CT molecular complexity index is 621. The lowest BCUT2D eigenvalue weighted by Gasteiger charge is -2.60. The molecule has 2 heterocycles. The molecule has 0 unspecified atom stereocenters. The lowest BCUT2D eigenvalue weighted by atomic mass is 9.45. The highest BCUT2D eigenvalue weighted by molar-refractivity contribution is 5.78. The number of hydrogen-bond acceptors (Lipinski definition) is 3. The molecular formula is C19H30N4O. The Hall–Kier alpha value is -1.36. The van der Waals surface area contributed by atoms with Crippen molar-refractivity contribution in [1.29, 1.82) is 0 Å². The summed E-state index contributed by atoms with van der Waals surface area (Å²) in [6, 6.07) is 0.143. The minimum atomic E-state index is 0.143. The predicted octanol–water partition coefficient (Wildman–Crippen LogP) is 2.06. The van der Waals surface area contributed by atoms with Gasteiger partial charge in [0.15, 0.2) is 0 Å². The average Bonchev–Trinajstić information content (AvgIpc) is 3.17. The van der Waals surface area contributed by atoms with E-state index in [-0.39, 0.29) is 11.9 Å². The van der Waals surface area contributed by atoms with E-state index < -0.39 is 0 Å². The molecule has 132 valence electrons. The molecule has 5 heteroatoms. The SMILES string of the molecule is CC1(C)[C@@H]2CC[C@@H](Cn3ccnc3CC(=O)N3CC[C@@H](N)C3)[C@H]1C2. The number of fused-ring (bicyclic) bond motifs is 2. The second kappa shape index (κ2) is 5.87. The molecule has 0 spiro atoms. The Morgan fingerprint density at radius 3 is 2.88 bits per heavy atom. The number of nitrogens with zero attached hydrogens (tertiary/aromatic N) is 3. The fraction of sp³-hybridized carbons (Fsp3) is 0.789. The molecule has 1 saturated heterocycles. The van der Waals surface area contributed by atoms with Crippen LogP contribution in [0.4, 0.5) is 0 Å². The molecule has 2 bridgehead atoms. The van der Waals surface area contributed by atoms with Crippen LogP contribution in [0.15, 0.2) is 12.4 Å². The molecule has 1 amide bonds. The van der Waals surface area contributed by atoms with Gasteiger partial charge in [-0.1, -0.05) is 13.8 Å². The quantitative estimate of drug-likeness (QED) is 0.919. The normalized spacial score (nSPS) is 34.2. The van der Waals surface area contributed by atoms with E-state index in [4.69, 9.17) is 5.73 Å². The van der Waals surface area contributed by atoms with Gasteiger partial charge in [-0.15, -0.1) is 0 Å². The van der Waals surface area contributed by atoms with Crippen LogP contribution in [0.3, 0.4) is 0 Å². The minimum Gasteiger partial charge on any atom is -0.341 e. The molecule has 3 aliphatic carbocycles. The van der Waals surface area contributed by atoms with Gasteiger partial charge in [-0.2, -0.15) is 0 Å². The number of carbonyl (C=O) groups is 1. The molecule has 4 aliphatic rings. The van der Waals surface area contributed by atoms with Crippen molar-refractivity contribution in [2.24, 2.45) is 28.9 Å². The monoisotopic (exact) mass is 330 g/mol. The molecule has 5 rings (SSSR count). The number of amides is 1. The Kier molecular flexibility index (Phi) is 3.94. The standard InChI is InChI=1S/C19H30N4O/c1-19(2)14-4-3-13(16(19)9-14)11-22-8-6-21-17(22)10-18(24)23-7-5-15(20)12-23/h6,8,13-16H,3-5,7,9-12,20H2,1-2H3/t13-,14+,15+,16+/m0/s1. The van der Waals surface area contributed by atoms with Gasteiger partial charge in [0.25, 0.3) is 0 Å². The van der Waals surface area contributed by atoms with Gasteiger partial charge in [0, 0.05) is 38.1 Å². The van der Waals surface area contributed by atoms with Crippen molar-refractivity contribution in [3.05, 3.63) is 18.2 Å². The maximum Gasteiger partial charge on any atom is 0.230 e. The number of carbonyl (C=O) groups excluding carboxylic acids is 1. The molecule has 4 fully saturated rings. The van der Waals surface area contributed by atoms with Gasteiger partial charge < -0.3 is 15.2 Å². The first-order valence-corrected chi connectivity index (χ1v) is 9.48. The molecule has 4 atom stereocenters. The van der Waals surface area contributed by atoms with Gasteiger partial charge in [0.2, 0.25) is 5.91 Å². The van der Waals surface area contributed by atoms with Crippen molar-refractivity contribution in [3.63, 3.8) is 0 Å². The van der Waals surface area contributed by atoms with E-state index in [1.807, 2.05) is 11.1 Å². The van der Waals surface area contributed by atoms with Gasteiger partial charge in [0.1, 0.15) is 5.82 Å². The molecule has 24 heavy (non-hydrogen) atoms. The van der Waals surface area contributed by atoms with Gasteiger partial charge in [0.05, 0.1) is 6.42 Å². The number of aromatic nitrogens is 2. The van der Waals surface area contributed by atoms with Crippen molar-refractivity contribution in [1.82, 2.24) is 14.5 Å². The molecule has 1 aromatic rings. The second-order valence-electron chi connectivity index (χ2n) is 8.76. The molecule has 0 radical (unpaired) electrons. The van der Waals surface area contributed by atoms with E-state index in [2.05, 4.69) is 29.6 Å². The Morgan fingerprint density at radius 1 is 1.38 bits per heavy atom. The fourth-order valence-corrected chi connectivity index (χ4v) is 5.37. The number of nitrogens with two attached hydrogens (primary N) is 1. The number of hydrogen-bond donors (Lipinski definition) is 1. The maximum absolute atomic E-state index is 12.5. The lowest BCUT2D eigenvalue weighted by Crippen LogP contribution is -2.53. The number of imidazole rings is 1. The maximum atomic E-state index is 12.5. The largest absolute Gasteiger partial charge is 0.341 e. The third-order valence-corrected chi connectivity index (χ3v) is 7.12. The van der Waals surface area contributed by atoms with E-state index in [0.717, 1.165) is 43.1 Å². The zero-order valence-corrected chi connectivity index (χ0v) is 14.9. The van der Waals surface area contributed by atoms with E-state index in [0.29, 0.717) is 18.4 Å². The highest BCUT2D eigenvalue weighted by Gasteiger charge is 2.54. The number of likely N-dealkylation sites (tertiary alicyclic amines) is 1. The predicted molar refractivity (Wildman–Crippen MR) is 93.2 cm³/mol. The van der Waals surface area contributed by atoms with Crippen LogP contribution in [0.5, 0.6) is 0 Å². The summed E-state index contributed by atoms with van der Waals surface area (Å²) in [4.78, 5) is 18.9. The van der Waals surface area contributed by atoms with Crippen LogP contribution in [0.1, 0.15) is 45.4 Å². The summed E-state index contributed by atoms with van der Waals surface area (Å²) in [5.74, 6) is 3.58.